The third kappa shape index (κ3) is 1.23. The lowest BCUT2D eigenvalue weighted by Crippen LogP contribution is -2.11. The maximum absolute atomic E-state index is 12.7. The number of hydrogen-bond donors (Lipinski definition) is 1. The van der Waals surface area contributed by atoms with Gasteiger partial charge in [-0.25, -0.2) is 4.39 Å². The Labute approximate surface area is 75.1 Å². The van der Waals surface area contributed by atoms with Crippen LogP contribution in [0.1, 0.15) is 11.5 Å². The van der Waals surface area contributed by atoms with Crippen molar-refractivity contribution in [2.45, 2.75) is 10.8 Å². The molecule has 0 saturated carbocycles. The van der Waals surface area contributed by atoms with Crippen molar-refractivity contribution in [3.8, 4) is 0 Å². The summed E-state index contributed by atoms with van der Waals surface area (Å²) in [6, 6.07) is 4.95. The van der Waals surface area contributed by atoms with Gasteiger partial charge in [-0.05, 0) is 17.7 Å². The van der Waals surface area contributed by atoms with E-state index in [4.69, 9.17) is 5.73 Å². The van der Waals surface area contributed by atoms with Crippen LogP contribution in [-0.4, -0.2) is 12.3 Å². The Kier molecular flexibility index (Phi) is 2.07. The minimum atomic E-state index is -0.154. The maximum atomic E-state index is 12.7. The normalized spacial score (nSPS) is 21.0. The number of thioether (sulfide) groups is 1. The van der Waals surface area contributed by atoms with Gasteiger partial charge in [0.05, 0.1) is 0 Å². The van der Waals surface area contributed by atoms with Crippen molar-refractivity contribution in [3.63, 3.8) is 0 Å². The first-order chi connectivity index (χ1) is 5.81. The van der Waals surface area contributed by atoms with E-state index in [-0.39, 0.29) is 5.82 Å². The van der Waals surface area contributed by atoms with E-state index in [1.165, 1.54) is 11.6 Å². The number of nitrogens with two attached hydrogens (primary N) is 1. The molecule has 0 fully saturated rings. The quantitative estimate of drug-likeness (QED) is 0.720. The molecular formula is C9H10FNS. The summed E-state index contributed by atoms with van der Waals surface area (Å²) in [6.45, 7) is 0.658. The van der Waals surface area contributed by atoms with Crippen LogP contribution in [0.3, 0.4) is 0 Å². The molecule has 1 aliphatic rings. The van der Waals surface area contributed by atoms with Crippen LogP contribution in [0.25, 0.3) is 0 Å². The zero-order chi connectivity index (χ0) is 8.55. The van der Waals surface area contributed by atoms with Gasteiger partial charge in [0.15, 0.2) is 0 Å². The predicted octanol–water partition coefficient (Wildman–Crippen LogP) is 1.97. The summed E-state index contributed by atoms with van der Waals surface area (Å²) in [5, 5.41) is 0. The zero-order valence-corrected chi connectivity index (χ0v) is 7.40. The van der Waals surface area contributed by atoms with Crippen molar-refractivity contribution < 1.29 is 4.39 Å². The highest BCUT2D eigenvalue weighted by atomic mass is 32.2. The van der Waals surface area contributed by atoms with Crippen LogP contribution < -0.4 is 5.73 Å². The molecular weight excluding hydrogens is 173 g/mol. The van der Waals surface area contributed by atoms with E-state index in [2.05, 4.69) is 0 Å². The van der Waals surface area contributed by atoms with Crippen LogP contribution >= 0.6 is 11.8 Å². The SMILES string of the molecule is NCC1CSc2cc(F)ccc21. The molecule has 64 valence electrons. The van der Waals surface area contributed by atoms with Gasteiger partial charge in [0.25, 0.3) is 0 Å². The maximum Gasteiger partial charge on any atom is 0.124 e. The smallest absolute Gasteiger partial charge is 0.124 e. The third-order valence-corrected chi connectivity index (χ3v) is 3.37. The molecule has 0 amide bonds. The van der Waals surface area contributed by atoms with Gasteiger partial charge < -0.3 is 5.73 Å². The Morgan fingerprint density at radius 3 is 3.17 bits per heavy atom. The van der Waals surface area contributed by atoms with Crippen molar-refractivity contribution in [2.24, 2.45) is 5.73 Å². The zero-order valence-electron chi connectivity index (χ0n) is 6.59. The van der Waals surface area contributed by atoms with Crippen molar-refractivity contribution in [2.75, 3.05) is 12.3 Å². The lowest BCUT2D eigenvalue weighted by Gasteiger charge is -2.05. The number of hydrogen-bond acceptors (Lipinski definition) is 2. The van der Waals surface area contributed by atoms with Crippen molar-refractivity contribution >= 4 is 11.8 Å². The molecule has 1 aromatic rings. The fraction of sp³-hybridized carbons (Fsp3) is 0.333. The summed E-state index contributed by atoms with van der Waals surface area (Å²) in [5.41, 5.74) is 6.79. The first kappa shape index (κ1) is 8.08. The van der Waals surface area contributed by atoms with Gasteiger partial charge in [0.2, 0.25) is 0 Å². The van der Waals surface area contributed by atoms with Crippen LogP contribution in [0.2, 0.25) is 0 Å². The van der Waals surface area contributed by atoms with Crippen molar-refractivity contribution in [1.82, 2.24) is 0 Å². The minimum absolute atomic E-state index is 0.154. The van der Waals surface area contributed by atoms with Gasteiger partial charge in [-0.2, -0.15) is 0 Å². The molecule has 1 aliphatic heterocycles. The standard InChI is InChI=1S/C9H10FNS/c10-7-1-2-8-6(4-11)5-12-9(8)3-7/h1-3,6H,4-5,11H2. The van der Waals surface area contributed by atoms with Crippen molar-refractivity contribution in [1.29, 1.82) is 0 Å². The van der Waals surface area contributed by atoms with E-state index < -0.39 is 0 Å². The van der Waals surface area contributed by atoms with E-state index in [0.717, 1.165) is 10.6 Å². The summed E-state index contributed by atoms with van der Waals surface area (Å²) in [5.74, 6) is 1.26. The second kappa shape index (κ2) is 3.07. The lowest BCUT2D eigenvalue weighted by molar-refractivity contribution is 0.622. The molecule has 0 radical (unpaired) electrons. The van der Waals surface area contributed by atoms with Crippen LogP contribution in [0.5, 0.6) is 0 Å². The number of halogens is 1. The molecule has 0 saturated heterocycles. The average Bonchev–Trinajstić information content (AvgIpc) is 2.46. The number of fused-ring (bicyclic) bond motifs is 1. The molecule has 1 heterocycles. The van der Waals surface area contributed by atoms with Crippen LogP contribution in [0.4, 0.5) is 4.39 Å². The fourth-order valence-corrected chi connectivity index (χ4v) is 2.74. The Morgan fingerprint density at radius 1 is 1.58 bits per heavy atom. The highest BCUT2D eigenvalue weighted by Crippen LogP contribution is 2.38. The molecule has 0 aromatic heterocycles. The van der Waals surface area contributed by atoms with E-state index in [1.54, 1.807) is 17.8 Å². The molecule has 2 N–H and O–H groups in total. The van der Waals surface area contributed by atoms with Gasteiger partial charge in [-0.1, -0.05) is 6.07 Å². The van der Waals surface area contributed by atoms with Gasteiger partial charge in [-0.3, -0.25) is 0 Å². The van der Waals surface area contributed by atoms with Gasteiger partial charge in [0, 0.05) is 23.1 Å². The Morgan fingerprint density at radius 2 is 2.42 bits per heavy atom. The van der Waals surface area contributed by atoms with Gasteiger partial charge in [-0.15, -0.1) is 11.8 Å². The van der Waals surface area contributed by atoms with E-state index in [1.807, 2.05) is 6.07 Å². The molecule has 1 atom stereocenters. The highest BCUT2D eigenvalue weighted by molar-refractivity contribution is 7.99. The second-order valence-electron chi connectivity index (χ2n) is 2.93. The first-order valence-corrected chi connectivity index (χ1v) is 4.92. The molecule has 0 aliphatic carbocycles. The molecule has 0 spiro atoms. The molecule has 1 unspecified atom stereocenters. The molecule has 3 heteroatoms. The third-order valence-electron chi connectivity index (χ3n) is 2.14. The fourth-order valence-electron chi connectivity index (χ4n) is 1.45. The topological polar surface area (TPSA) is 26.0 Å². The van der Waals surface area contributed by atoms with E-state index in [9.17, 15) is 4.39 Å². The average molecular weight is 183 g/mol. The summed E-state index contributed by atoms with van der Waals surface area (Å²) in [6.07, 6.45) is 0. The second-order valence-corrected chi connectivity index (χ2v) is 3.99. The summed E-state index contributed by atoms with van der Waals surface area (Å²) >= 11 is 1.69. The predicted molar refractivity (Wildman–Crippen MR) is 48.9 cm³/mol. The monoisotopic (exact) mass is 183 g/mol. The number of benzene rings is 1. The molecule has 1 nitrogen and oxygen atoms in total. The van der Waals surface area contributed by atoms with E-state index in [0.29, 0.717) is 12.5 Å². The van der Waals surface area contributed by atoms with Crippen LogP contribution in [0, 0.1) is 5.82 Å². The molecule has 12 heavy (non-hydrogen) atoms. The minimum Gasteiger partial charge on any atom is -0.330 e. The van der Waals surface area contributed by atoms with Gasteiger partial charge in [0.1, 0.15) is 5.82 Å². The first-order valence-electron chi connectivity index (χ1n) is 3.93. The largest absolute Gasteiger partial charge is 0.330 e. The van der Waals surface area contributed by atoms with Gasteiger partial charge >= 0.3 is 0 Å². The van der Waals surface area contributed by atoms with E-state index >= 15 is 0 Å². The number of rotatable bonds is 1. The highest BCUT2D eigenvalue weighted by Gasteiger charge is 2.21. The molecule has 0 bridgehead atoms. The molecule has 2 rings (SSSR count). The van der Waals surface area contributed by atoms with Crippen molar-refractivity contribution in [3.05, 3.63) is 29.6 Å². The summed E-state index contributed by atoms with van der Waals surface area (Å²) in [7, 11) is 0. The lowest BCUT2D eigenvalue weighted by atomic mass is 10.0. The Balaban J connectivity index is 2.40. The summed E-state index contributed by atoms with van der Waals surface area (Å²) in [4.78, 5) is 1.06. The van der Waals surface area contributed by atoms with Crippen LogP contribution in [-0.2, 0) is 0 Å². The Bertz CT molecular complexity index is 301. The summed E-state index contributed by atoms with van der Waals surface area (Å²) < 4.78 is 12.7. The van der Waals surface area contributed by atoms with Crippen LogP contribution in [0.15, 0.2) is 23.1 Å². The molecule has 1 aromatic carbocycles. The Hall–Kier alpha value is -0.540.